The summed E-state index contributed by atoms with van der Waals surface area (Å²) in [5.41, 5.74) is -0.913. The van der Waals surface area contributed by atoms with Crippen molar-refractivity contribution in [3.05, 3.63) is 47.5 Å². The predicted molar refractivity (Wildman–Crippen MR) is 64.8 cm³/mol. The van der Waals surface area contributed by atoms with Gasteiger partial charge >= 0.3 is 0 Å². The second kappa shape index (κ2) is 4.42. The van der Waals surface area contributed by atoms with Gasteiger partial charge in [0.2, 0.25) is 0 Å². The number of methoxy groups -OCH3 is 1. The summed E-state index contributed by atoms with van der Waals surface area (Å²) in [5, 5.41) is 14.7. The zero-order valence-electron chi connectivity index (χ0n) is 10.5. The van der Waals surface area contributed by atoms with Gasteiger partial charge in [0.25, 0.3) is 0 Å². The van der Waals surface area contributed by atoms with Crippen LogP contribution in [0.3, 0.4) is 0 Å². The zero-order valence-corrected chi connectivity index (χ0v) is 10.5. The largest absolute Gasteiger partial charge is 0.493 e. The van der Waals surface area contributed by atoms with Crippen LogP contribution in [0.15, 0.2) is 30.5 Å². The molecule has 0 saturated carbocycles. The van der Waals surface area contributed by atoms with Crippen LogP contribution in [0.25, 0.3) is 0 Å². The minimum Gasteiger partial charge on any atom is -0.493 e. The van der Waals surface area contributed by atoms with Crippen LogP contribution in [0.1, 0.15) is 18.2 Å². The van der Waals surface area contributed by atoms with Gasteiger partial charge in [-0.05, 0) is 13.0 Å². The lowest BCUT2D eigenvalue weighted by atomic mass is 9.91. The average molecular weight is 250 g/mol. The molecule has 1 atom stereocenters. The van der Waals surface area contributed by atoms with Gasteiger partial charge in [-0.25, -0.2) is 4.39 Å². The van der Waals surface area contributed by atoms with Gasteiger partial charge in [0.1, 0.15) is 17.1 Å². The van der Waals surface area contributed by atoms with E-state index in [0.29, 0.717) is 11.4 Å². The van der Waals surface area contributed by atoms with E-state index >= 15 is 0 Å². The summed E-state index contributed by atoms with van der Waals surface area (Å²) in [7, 11) is 3.16. The third-order valence-corrected chi connectivity index (χ3v) is 2.98. The number of benzene rings is 1. The standard InChI is InChI=1S/C13H15FN2O2/c1-13(17,9-6-4-5-7-10(9)14)12-11(18-3)8-15-16(12)2/h4-8,17H,1-3H3. The van der Waals surface area contributed by atoms with E-state index < -0.39 is 11.4 Å². The average Bonchev–Trinajstić information content (AvgIpc) is 2.71. The van der Waals surface area contributed by atoms with Crippen molar-refractivity contribution in [1.82, 2.24) is 9.78 Å². The molecule has 1 N–H and O–H groups in total. The zero-order chi connectivity index (χ0) is 13.3. The number of aromatic nitrogens is 2. The molecule has 2 aromatic rings. The van der Waals surface area contributed by atoms with E-state index in [1.54, 1.807) is 25.2 Å². The van der Waals surface area contributed by atoms with E-state index in [4.69, 9.17) is 4.74 Å². The van der Waals surface area contributed by atoms with E-state index in [1.165, 1.54) is 31.0 Å². The SMILES string of the molecule is COc1cnn(C)c1C(C)(O)c1ccccc1F. The monoisotopic (exact) mass is 250 g/mol. The minimum absolute atomic E-state index is 0.187. The molecule has 96 valence electrons. The molecule has 4 nitrogen and oxygen atoms in total. The van der Waals surface area contributed by atoms with Crippen LogP contribution < -0.4 is 4.74 Å². The van der Waals surface area contributed by atoms with Crippen molar-refractivity contribution >= 4 is 0 Å². The summed E-state index contributed by atoms with van der Waals surface area (Å²) in [6, 6.07) is 6.11. The van der Waals surface area contributed by atoms with E-state index in [2.05, 4.69) is 5.10 Å². The molecule has 1 aromatic carbocycles. The first-order chi connectivity index (χ1) is 8.48. The first kappa shape index (κ1) is 12.6. The van der Waals surface area contributed by atoms with Gasteiger partial charge in [0.15, 0.2) is 5.75 Å². The third kappa shape index (κ3) is 1.86. The van der Waals surface area contributed by atoms with Gasteiger partial charge in [0, 0.05) is 12.6 Å². The van der Waals surface area contributed by atoms with E-state index in [0.717, 1.165) is 0 Å². The summed E-state index contributed by atoms with van der Waals surface area (Å²) in [6.45, 7) is 1.52. The van der Waals surface area contributed by atoms with Crippen LogP contribution in [0.5, 0.6) is 5.75 Å². The lowest BCUT2D eigenvalue weighted by Crippen LogP contribution is -2.28. The van der Waals surface area contributed by atoms with Crippen molar-refractivity contribution in [3.8, 4) is 5.75 Å². The molecular formula is C13H15FN2O2. The summed E-state index contributed by atoms with van der Waals surface area (Å²) in [6.07, 6.45) is 1.49. The van der Waals surface area contributed by atoms with Crippen molar-refractivity contribution < 1.29 is 14.2 Å². The van der Waals surface area contributed by atoms with Crippen LogP contribution in [-0.2, 0) is 12.6 Å². The fraction of sp³-hybridized carbons (Fsp3) is 0.308. The highest BCUT2D eigenvalue weighted by atomic mass is 19.1. The van der Waals surface area contributed by atoms with Crippen molar-refractivity contribution in [3.63, 3.8) is 0 Å². The molecule has 18 heavy (non-hydrogen) atoms. The van der Waals surface area contributed by atoms with Crippen LogP contribution in [0, 0.1) is 5.82 Å². The Morgan fingerprint density at radius 2 is 2.06 bits per heavy atom. The fourth-order valence-corrected chi connectivity index (χ4v) is 2.11. The Morgan fingerprint density at radius 3 is 2.67 bits per heavy atom. The molecular weight excluding hydrogens is 235 g/mol. The smallest absolute Gasteiger partial charge is 0.163 e. The van der Waals surface area contributed by atoms with Crippen LogP contribution in [0.2, 0.25) is 0 Å². The molecule has 1 unspecified atom stereocenters. The van der Waals surface area contributed by atoms with Crippen molar-refractivity contribution in [2.75, 3.05) is 7.11 Å². The Labute approximate surface area is 105 Å². The van der Waals surface area contributed by atoms with Crippen molar-refractivity contribution in [2.24, 2.45) is 7.05 Å². The summed E-state index contributed by atoms with van der Waals surface area (Å²) < 4.78 is 20.4. The number of aliphatic hydroxyl groups is 1. The van der Waals surface area contributed by atoms with Gasteiger partial charge in [-0.2, -0.15) is 5.10 Å². The molecule has 0 bridgehead atoms. The molecule has 0 aliphatic carbocycles. The molecule has 0 amide bonds. The molecule has 0 spiro atoms. The first-order valence-electron chi connectivity index (χ1n) is 5.52. The van der Waals surface area contributed by atoms with E-state index in [9.17, 15) is 9.50 Å². The topological polar surface area (TPSA) is 47.3 Å². The highest BCUT2D eigenvalue weighted by molar-refractivity contribution is 5.39. The second-order valence-electron chi connectivity index (χ2n) is 4.24. The Morgan fingerprint density at radius 1 is 1.39 bits per heavy atom. The lowest BCUT2D eigenvalue weighted by molar-refractivity contribution is 0.0857. The number of rotatable bonds is 3. The number of hydrogen-bond acceptors (Lipinski definition) is 3. The molecule has 0 aliphatic rings. The number of ether oxygens (including phenoxy) is 1. The van der Waals surface area contributed by atoms with E-state index in [-0.39, 0.29) is 5.56 Å². The molecule has 1 aromatic heterocycles. The third-order valence-electron chi connectivity index (χ3n) is 2.98. The Hall–Kier alpha value is -1.88. The van der Waals surface area contributed by atoms with Crippen LogP contribution in [-0.4, -0.2) is 22.0 Å². The molecule has 5 heteroatoms. The molecule has 2 rings (SSSR count). The Bertz CT molecular complexity index is 564. The first-order valence-corrected chi connectivity index (χ1v) is 5.52. The lowest BCUT2D eigenvalue weighted by Gasteiger charge is -2.25. The molecule has 0 aliphatic heterocycles. The normalized spacial score (nSPS) is 14.3. The quantitative estimate of drug-likeness (QED) is 0.904. The molecule has 0 fully saturated rings. The van der Waals surface area contributed by atoms with Crippen molar-refractivity contribution in [1.29, 1.82) is 0 Å². The maximum absolute atomic E-state index is 13.8. The maximum Gasteiger partial charge on any atom is 0.163 e. The summed E-state index contributed by atoms with van der Waals surface area (Å²) in [5.74, 6) is -0.0449. The van der Waals surface area contributed by atoms with Gasteiger partial charge in [-0.3, -0.25) is 4.68 Å². The minimum atomic E-state index is -1.51. The summed E-state index contributed by atoms with van der Waals surface area (Å²) >= 11 is 0. The van der Waals surface area contributed by atoms with Gasteiger partial charge in [0.05, 0.1) is 13.3 Å². The summed E-state index contributed by atoms with van der Waals surface area (Å²) in [4.78, 5) is 0. The predicted octanol–water partition coefficient (Wildman–Crippen LogP) is 1.82. The van der Waals surface area contributed by atoms with Gasteiger partial charge < -0.3 is 9.84 Å². The number of aryl methyl sites for hydroxylation is 1. The van der Waals surface area contributed by atoms with Crippen LogP contribution >= 0.6 is 0 Å². The van der Waals surface area contributed by atoms with Crippen molar-refractivity contribution in [2.45, 2.75) is 12.5 Å². The number of halogens is 1. The van der Waals surface area contributed by atoms with Gasteiger partial charge in [-0.1, -0.05) is 18.2 Å². The number of hydrogen-bond donors (Lipinski definition) is 1. The van der Waals surface area contributed by atoms with Crippen LogP contribution in [0.4, 0.5) is 4.39 Å². The Kier molecular flexibility index (Phi) is 3.09. The maximum atomic E-state index is 13.8. The Balaban J connectivity index is 2.61. The molecule has 0 radical (unpaired) electrons. The second-order valence-corrected chi connectivity index (χ2v) is 4.24. The number of nitrogens with zero attached hydrogens (tertiary/aromatic N) is 2. The molecule has 1 heterocycles. The van der Waals surface area contributed by atoms with E-state index in [1.807, 2.05) is 0 Å². The highest BCUT2D eigenvalue weighted by Crippen LogP contribution is 2.35. The fourth-order valence-electron chi connectivity index (χ4n) is 2.11. The van der Waals surface area contributed by atoms with Gasteiger partial charge in [-0.15, -0.1) is 0 Å². The molecule has 0 saturated heterocycles. The highest BCUT2D eigenvalue weighted by Gasteiger charge is 2.34.